The molecule has 0 bridgehead atoms. The van der Waals surface area contributed by atoms with Crippen LogP contribution in [0.1, 0.15) is 46.9 Å². The minimum Gasteiger partial charge on any atom is -0.455 e. The summed E-state index contributed by atoms with van der Waals surface area (Å²) in [4.78, 5) is 49.0. The average Bonchev–Trinajstić information content (AvgIpc) is 3.83. The first kappa shape index (κ1) is 35.1. The third-order valence-corrected chi connectivity index (χ3v) is 12.6. The van der Waals surface area contributed by atoms with Gasteiger partial charge in [0.05, 0.1) is 38.5 Å². The van der Waals surface area contributed by atoms with Crippen LogP contribution in [0.25, 0.3) is 10.9 Å². The highest BCUT2D eigenvalue weighted by molar-refractivity contribution is 7.99. The maximum absolute atomic E-state index is 14.2. The molecule has 4 aromatic carbocycles. The first-order chi connectivity index (χ1) is 26.2. The predicted molar refractivity (Wildman–Crippen MR) is 204 cm³/mol. The number of rotatable bonds is 9. The lowest BCUT2D eigenvalue weighted by Gasteiger charge is -2.26. The van der Waals surface area contributed by atoms with Crippen molar-refractivity contribution < 1.29 is 27.5 Å². The molecule has 2 aliphatic rings. The molecule has 3 atom stereocenters. The van der Waals surface area contributed by atoms with Crippen LogP contribution in [-0.4, -0.2) is 59.1 Å². The van der Waals surface area contributed by atoms with Gasteiger partial charge in [-0.05, 0) is 73.5 Å². The molecular weight excluding hydrogens is 723 g/mol. The molecule has 2 N–H and O–H groups in total. The molecule has 0 radical (unpaired) electrons. The quantitative estimate of drug-likeness (QED) is 0.170. The van der Waals surface area contributed by atoms with Gasteiger partial charge in [-0.3, -0.25) is 19.4 Å². The molecule has 1 fully saturated rings. The van der Waals surface area contributed by atoms with E-state index >= 15 is 0 Å². The first-order valence-corrected chi connectivity index (χ1v) is 19.7. The molecule has 272 valence electrons. The number of carbonyl (C=O) groups is 3. The van der Waals surface area contributed by atoms with Crippen LogP contribution in [0, 0.1) is 0 Å². The van der Waals surface area contributed by atoms with Gasteiger partial charge in [-0.25, -0.2) is 12.4 Å². The molecule has 0 unspecified atom stereocenters. The highest BCUT2D eigenvalue weighted by Gasteiger charge is 2.41. The second-order valence-corrected chi connectivity index (χ2v) is 16.1. The van der Waals surface area contributed by atoms with Gasteiger partial charge < -0.3 is 20.3 Å². The Balaban J connectivity index is 1.01. The van der Waals surface area contributed by atoms with Crippen molar-refractivity contribution in [1.29, 1.82) is 0 Å². The van der Waals surface area contributed by atoms with Gasteiger partial charge in [0.25, 0.3) is 15.9 Å². The molecule has 11 nitrogen and oxygen atoms in total. The Labute approximate surface area is 316 Å². The van der Waals surface area contributed by atoms with Crippen LogP contribution < -0.4 is 15.4 Å². The molecule has 2 aliphatic heterocycles. The fourth-order valence-electron chi connectivity index (χ4n) is 7.06. The van der Waals surface area contributed by atoms with Crippen LogP contribution in [0.15, 0.2) is 142 Å². The van der Waals surface area contributed by atoms with E-state index in [1.54, 1.807) is 67.3 Å². The topological polar surface area (TPSA) is 140 Å². The van der Waals surface area contributed by atoms with E-state index in [0.29, 0.717) is 40.1 Å². The molecule has 0 saturated carbocycles. The number of nitrogens with zero attached hydrogens (tertiary/aromatic N) is 3. The number of hydrogen-bond donors (Lipinski definition) is 2. The Bertz CT molecular complexity index is 2510. The van der Waals surface area contributed by atoms with Crippen LogP contribution in [0.5, 0.6) is 11.5 Å². The fraction of sp³-hybridized carbons (Fsp3) is 0.171. The summed E-state index contributed by atoms with van der Waals surface area (Å²) in [6, 6.07) is 32.3. The molecule has 3 amide bonds. The Kier molecular flexibility index (Phi) is 9.42. The number of hydrogen-bond acceptors (Lipinski definition) is 8. The minimum atomic E-state index is -4.05. The summed E-state index contributed by atoms with van der Waals surface area (Å²) in [5.41, 5.74) is 2.09. The van der Waals surface area contributed by atoms with Crippen LogP contribution in [0.2, 0.25) is 0 Å². The van der Waals surface area contributed by atoms with E-state index in [9.17, 15) is 22.8 Å². The summed E-state index contributed by atoms with van der Waals surface area (Å²) in [5.74, 6) is -0.169. The lowest BCUT2D eigenvalue weighted by molar-refractivity contribution is -0.138. The maximum atomic E-state index is 14.2. The van der Waals surface area contributed by atoms with Gasteiger partial charge in [-0.1, -0.05) is 72.4 Å². The molecule has 4 heterocycles. The Morgan fingerprint density at radius 1 is 0.889 bits per heavy atom. The Morgan fingerprint density at radius 2 is 1.61 bits per heavy atom. The fourth-order valence-corrected chi connectivity index (χ4v) is 9.62. The lowest BCUT2D eigenvalue weighted by Crippen LogP contribution is -2.49. The van der Waals surface area contributed by atoms with Crippen LogP contribution >= 0.6 is 11.8 Å². The largest absolute Gasteiger partial charge is 0.455 e. The number of pyridine rings is 1. The van der Waals surface area contributed by atoms with Gasteiger partial charge in [0, 0.05) is 35.8 Å². The van der Waals surface area contributed by atoms with Crippen molar-refractivity contribution in [3.8, 4) is 11.5 Å². The van der Waals surface area contributed by atoms with Crippen LogP contribution in [0.3, 0.4) is 0 Å². The van der Waals surface area contributed by atoms with Crippen molar-refractivity contribution in [1.82, 2.24) is 24.5 Å². The zero-order valence-electron chi connectivity index (χ0n) is 29.1. The zero-order chi connectivity index (χ0) is 37.4. The van der Waals surface area contributed by atoms with Crippen molar-refractivity contribution in [2.45, 2.75) is 46.0 Å². The number of para-hydroxylation sites is 1. The van der Waals surface area contributed by atoms with Gasteiger partial charge in [0.1, 0.15) is 17.5 Å². The molecular formula is C41H35N5O6S2. The summed E-state index contributed by atoms with van der Waals surface area (Å²) in [5, 5.41) is 6.34. The number of fused-ring (bicyclic) bond motifs is 3. The number of benzene rings is 4. The summed E-state index contributed by atoms with van der Waals surface area (Å²) in [6.07, 6.45) is 3.45. The summed E-state index contributed by atoms with van der Waals surface area (Å²) >= 11 is 1.55. The van der Waals surface area contributed by atoms with E-state index in [1.165, 1.54) is 27.2 Å². The molecule has 6 aromatic rings. The number of likely N-dealkylation sites (tertiary alicyclic amines) is 1. The molecule has 0 spiro atoms. The van der Waals surface area contributed by atoms with E-state index < -0.39 is 39.8 Å². The first-order valence-electron chi connectivity index (χ1n) is 17.4. The lowest BCUT2D eigenvalue weighted by atomic mass is 9.96. The van der Waals surface area contributed by atoms with E-state index in [2.05, 4.69) is 15.6 Å². The smallest absolute Gasteiger partial charge is 0.268 e. The maximum Gasteiger partial charge on any atom is 0.268 e. The monoisotopic (exact) mass is 757 g/mol. The van der Waals surface area contributed by atoms with Crippen molar-refractivity contribution in [2.75, 3.05) is 13.1 Å². The molecule has 1 saturated heterocycles. The Hall–Kier alpha value is -5.92. The number of ether oxygens (including phenoxy) is 1. The van der Waals surface area contributed by atoms with Crippen LogP contribution in [-0.2, 0) is 19.6 Å². The van der Waals surface area contributed by atoms with Crippen molar-refractivity contribution >= 4 is 50.4 Å². The predicted octanol–water partition coefficient (Wildman–Crippen LogP) is 6.52. The zero-order valence-corrected chi connectivity index (χ0v) is 30.7. The van der Waals surface area contributed by atoms with Gasteiger partial charge in [0.15, 0.2) is 0 Å². The van der Waals surface area contributed by atoms with Gasteiger partial charge in [-0.15, -0.1) is 0 Å². The van der Waals surface area contributed by atoms with Crippen LogP contribution in [0.4, 0.5) is 0 Å². The molecule has 54 heavy (non-hydrogen) atoms. The third kappa shape index (κ3) is 6.72. The highest BCUT2D eigenvalue weighted by Crippen LogP contribution is 2.47. The molecule has 13 heteroatoms. The van der Waals surface area contributed by atoms with Gasteiger partial charge >= 0.3 is 0 Å². The van der Waals surface area contributed by atoms with E-state index in [0.717, 1.165) is 15.4 Å². The van der Waals surface area contributed by atoms with Gasteiger partial charge in [-0.2, -0.15) is 0 Å². The SMILES string of the molecule is C[C@@H](NC(=O)[C@@H]1C[C@@H](c2ccccc2)CN1C(=O)CNC(=O)c1ccc2c(c1)Oc1ccccc1S2)c1cc2cnccc2n1S(=O)(=O)c1ccccc1. The third-order valence-electron chi connectivity index (χ3n) is 9.76. The number of aromatic nitrogens is 2. The molecule has 8 rings (SSSR count). The second-order valence-electron chi connectivity index (χ2n) is 13.2. The second kappa shape index (κ2) is 14.5. The van der Waals surface area contributed by atoms with Crippen molar-refractivity contribution in [3.05, 3.63) is 144 Å². The Morgan fingerprint density at radius 3 is 2.41 bits per heavy atom. The minimum absolute atomic E-state index is 0.103. The molecule has 0 aliphatic carbocycles. The number of amides is 3. The standard InChI is InChI=1S/C41H35N5O6S2/c1-26(33-20-29-23-42-19-18-32(29)46(33)54(50,51)31-12-6-3-7-13-31)44-41(49)34-21-30(27-10-4-2-5-11-27)25-45(34)39(47)24-43-40(48)28-16-17-38-36(22-28)52-35-14-8-9-15-37(35)53-38/h2-20,22-23,26,30,34H,21,24-25H2,1H3,(H,43,48)(H,44,49)/t26-,30-,34+/m1/s1. The molecule has 2 aromatic heterocycles. The number of carbonyl (C=O) groups excluding carboxylic acids is 3. The van der Waals surface area contributed by atoms with E-state index in [4.69, 9.17) is 4.74 Å². The van der Waals surface area contributed by atoms with Gasteiger partial charge in [0.2, 0.25) is 11.8 Å². The normalized spacial score (nSPS) is 16.9. The summed E-state index contributed by atoms with van der Waals surface area (Å²) < 4.78 is 35.3. The van der Waals surface area contributed by atoms with Crippen molar-refractivity contribution in [3.63, 3.8) is 0 Å². The highest BCUT2D eigenvalue weighted by atomic mass is 32.2. The summed E-state index contributed by atoms with van der Waals surface area (Å²) in [6.45, 7) is 1.65. The average molecular weight is 758 g/mol. The van der Waals surface area contributed by atoms with Crippen molar-refractivity contribution in [2.24, 2.45) is 0 Å². The van der Waals surface area contributed by atoms with E-state index in [1.807, 2.05) is 60.7 Å². The van der Waals surface area contributed by atoms with E-state index in [-0.39, 0.29) is 23.9 Å². The number of nitrogens with one attached hydrogen (secondary N) is 2. The summed E-state index contributed by atoms with van der Waals surface area (Å²) in [7, 11) is -4.05.